The number of morpholine rings is 1. The molecular weight excluding hydrogens is 236 g/mol. The first-order valence-electron chi connectivity index (χ1n) is 7.76. The maximum Gasteiger partial charge on any atom is 0.0757 e. The molecule has 3 heteroatoms. The second kappa shape index (κ2) is 5.81. The van der Waals surface area contributed by atoms with Crippen molar-refractivity contribution in [2.75, 3.05) is 13.1 Å². The van der Waals surface area contributed by atoms with E-state index in [2.05, 4.69) is 38.7 Å². The lowest BCUT2D eigenvalue weighted by molar-refractivity contribution is -0.144. The van der Waals surface area contributed by atoms with Gasteiger partial charge in [-0.25, -0.2) is 0 Å². The van der Waals surface area contributed by atoms with E-state index >= 15 is 0 Å². The van der Waals surface area contributed by atoms with Crippen LogP contribution in [0.3, 0.4) is 0 Å². The van der Waals surface area contributed by atoms with Crippen molar-refractivity contribution < 1.29 is 4.74 Å². The van der Waals surface area contributed by atoms with Crippen LogP contribution in [0.1, 0.15) is 53.4 Å². The largest absolute Gasteiger partial charge is 0.370 e. The van der Waals surface area contributed by atoms with Gasteiger partial charge in [0.25, 0.3) is 0 Å². The highest BCUT2D eigenvalue weighted by Gasteiger charge is 2.40. The average molecular weight is 264 g/mol. The third-order valence-electron chi connectivity index (χ3n) is 4.73. The van der Waals surface area contributed by atoms with E-state index < -0.39 is 0 Å². The maximum absolute atomic E-state index is 9.44. The van der Waals surface area contributed by atoms with Gasteiger partial charge in [-0.15, -0.1) is 0 Å². The Hall–Kier alpha value is -0.590. The molecule has 4 atom stereocenters. The summed E-state index contributed by atoms with van der Waals surface area (Å²) in [6, 6.07) is 2.99. The fraction of sp³-hybridized carbons (Fsp3) is 0.938. The standard InChI is InChI=1S/C16H28N2O/c1-5-13-6-7-14(9-17)15(8-13)18-10-12(2)19-16(3,4)11-18/h12-15H,5-8,10-11H2,1-4H3. The molecule has 0 aromatic heterocycles. The minimum absolute atomic E-state index is 0.0865. The first kappa shape index (κ1) is 14.8. The molecule has 0 spiro atoms. The van der Waals surface area contributed by atoms with E-state index in [0.717, 1.165) is 25.4 Å². The number of rotatable bonds is 2. The lowest BCUT2D eigenvalue weighted by Crippen LogP contribution is -2.57. The van der Waals surface area contributed by atoms with E-state index in [4.69, 9.17) is 4.74 Å². The summed E-state index contributed by atoms with van der Waals surface area (Å²) in [6.45, 7) is 10.7. The molecule has 0 aromatic rings. The van der Waals surface area contributed by atoms with E-state index in [0.29, 0.717) is 6.04 Å². The Morgan fingerprint density at radius 1 is 1.37 bits per heavy atom. The molecule has 0 N–H and O–H groups in total. The van der Waals surface area contributed by atoms with E-state index in [-0.39, 0.29) is 17.6 Å². The number of nitrogens with zero attached hydrogens (tertiary/aromatic N) is 2. The zero-order valence-corrected chi connectivity index (χ0v) is 12.9. The van der Waals surface area contributed by atoms with E-state index in [9.17, 15) is 5.26 Å². The molecule has 1 saturated carbocycles. The van der Waals surface area contributed by atoms with Gasteiger partial charge in [-0.2, -0.15) is 5.26 Å². The summed E-state index contributed by atoms with van der Waals surface area (Å²) >= 11 is 0. The van der Waals surface area contributed by atoms with Crippen LogP contribution in [0.2, 0.25) is 0 Å². The van der Waals surface area contributed by atoms with Crippen molar-refractivity contribution >= 4 is 0 Å². The second-order valence-electron chi connectivity index (χ2n) is 7.01. The molecule has 2 aliphatic rings. The second-order valence-corrected chi connectivity index (χ2v) is 7.01. The smallest absolute Gasteiger partial charge is 0.0757 e. The van der Waals surface area contributed by atoms with Crippen LogP contribution in [-0.2, 0) is 4.74 Å². The van der Waals surface area contributed by atoms with Crippen molar-refractivity contribution in [3.8, 4) is 6.07 Å². The number of ether oxygens (including phenoxy) is 1. The predicted octanol–water partition coefficient (Wildman–Crippen LogP) is 3.20. The molecule has 3 nitrogen and oxygen atoms in total. The van der Waals surface area contributed by atoms with Crippen LogP contribution in [-0.4, -0.2) is 35.7 Å². The van der Waals surface area contributed by atoms with Crippen molar-refractivity contribution in [3.63, 3.8) is 0 Å². The average Bonchev–Trinajstić information content (AvgIpc) is 2.35. The summed E-state index contributed by atoms with van der Waals surface area (Å²) in [7, 11) is 0. The molecule has 2 fully saturated rings. The minimum atomic E-state index is -0.0865. The van der Waals surface area contributed by atoms with Gasteiger partial charge in [0.05, 0.1) is 23.7 Å². The highest BCUT2D eigenvalue weighted by atomic mass is 16.5. The Morgan fingerprint density at radius 3 is 2.68 bits per heavy atom. The first-order chi connectivity index (χ1) is 8.95. The van der Waals surface area contributed by atoms with Crippen LogP contribution < -0.4 is 0 Å². The van der Waals surface area contributed by atoms with Gasteiger partial charge in [-0.3, -0.25) is 4.90 Å². The topological polar surface area (TPSA) is 36.3 Å². The third kappa shape index (κ3) is 3.49. The molecule has 0 radical (unpaired) electrons. The van der Waals surface area contributed by atoms with Crippen LogP contribution in [0.4, 0.5) is 0 Å². The Balaban J connectivity index is 2.10. The highest BCUT2D eigenvalue weighted by Crippen LogP contribution is 2.36. The lowest BCUT2D eigenvalue weighted by atomic mass is 9.76. The van der Waals surface area contributed by atoms with Gasteiger partial charge in [0.2, 0.25) is 0 Å². The van der Waals surface area contributed by atoms with Crippen LogP contribution >= 0.6 is 0 Å². The zero-order chi connectivity index (χ0) is 14.0. The molecule has 1 aliphatic carbocycles. The summed E-state index contributed by atoms with van der Waals surface area (Å²) in [5.41, 5.74) is -0.0865. The monoisotopic (exact) mass is 264 g/mol. The number of nitriles is 1. The Morgan fingerprint density at radius 2 is 2.11 bits per heavy atom. The van der Waals surface area contributed by atoms with Crippen LogP contribution in [0.15, 0.2) is 0 Å². The molecule has 0 aromatic carbocycles. The predicted molar refractivity (Wildman–Crippen MR) is 76.7 cm³/mol. The molecule has 2 rings (SSSR count). The van der Waals surface area contributed by atoms with Gasteiger partial charge in [0.1, 0.15) is 0 Å². The summed E-state index contributed by atoms with van der Waals surface area (Å²) in [5.74, 6) is 1.01. The molecule has 19 heavy (non-hydrogen) atoms. The summed E-state index contributed by atoms with van der Waals surface area (Å²) in [5, 5.41) is 9.44. The van der Waals surface area contributed by atoms with Crippen molar-refractivity contribution in [3.05, 3.63) is 0 Å². The molecule has 1 saturated heterocycles. The van der Waals surface area contributed by atoms with Gasteiger partial charge < -0.3 is 4.74 Å². The van der Waals surface area contributed by atoms with Crippen molar-refractivity contribution in [1.29, 1.82) is 5.26 Å². The fourth-order valence-electron chi connectivity index (χ4n) is 3.91. The van der Waals surface area contributed by atoms with E-state index in [1.165, 1.54) is 19.3 Å². The number of hydrogen-bond acceptors (Lipinski definition) is 3. The minimum Gasteiger partial charge on any atom is -0.370 e. The normalized spacial score (nSPS) is 39.7. The molecule has 108 valence electrons. The lowest BCUT2D eigenvalue weighted by Gasteiger charge is -2.48. The molecule has 4 unspecified atom stereocenters. The number of hydrogen-bond donors (Lipinski definition) is 0. The van der Waals surface area contributed by atoms with Gasteiger partial charge in [-0.05, 0) is 46.0 Å². The highest BCUT2D eigenvalue weighted by molar-refractivity contribution is 4.99. The van der Waals surface area contributed by atoms with Crippen LogP contribution in [0.5, 0.6) is 0 Å². The molecule has 0 amide bonds. The Kier molecular flexibility index (Phi) is 4.53. The summed E-state index contributed by atoms with van der Waals surface area (Å²) in [6.07, 6.45) is 5.01. The van der Waals surface area contributed by atoms with Gasteiger partial charge in [0, 0.05) is 19.1 Å². The summed E-state index contributed by atoms with van der Waals surface area (Å²) < 4.78 is 5.99. The zero-order valence-electron chi connectivity index (χ0n) is 12.9. The molecule has 1 heterocycles. The van der Waals surface area contributed by atoms with Gasteiger partial charge in [-0.1, -0.05) is 13.3 Å². The Labute approximate surface area is 117 Å². The fourth-order valence-corrected chi connectivity index (χ4v) is 3.91. The van der Waals surface area contributed by atoms with Crippen molar-refractivity contribution in [2.45, 2.75) is 71.1 Å². The van der Waals surface area contributed by atoms with E-state index in [1.807, 2.05) is 0 Å². The quantitative estimate of drug-likeness (QED) is 0.768. The SMILES string of the molecule is CCC1CCC(C#N)C(N2CC(C)OC(C)(C)C2)C1. The van der Waals surface area contributed by atoms with Crippen molar-refractivity contribution in [2.24, 2.45) is 11.8 Å². The van der Waals surface area contributed by atoms with E-state index in [1.54, 1.807) is 0 Å². The van der Waals surface area contributed by atoms with Crippen LogP contribution in [0.25, 0.3) is 0 Å². The summed E-state index contributed by atoms with van der Waals surface area (Å²) in [4.78, 5) is 2.53. The van der Waals surface area contributed by atoms with Gasteiger partial charge in [0.15, 0.2) is 0 Å². The van der Waals surface area contributed by atoms with Crippen LogP contribution in [0, 0.1) is 23.2 Å². The molecule has 0 bridgehead atoms. The third-order valence-corrected chi connectivity index (χ3v) is 4.73. The molecule has 1 aliphatic heterocycles. The van der Waals surface area contributed by atoms with Crippen molar-refractivity contribution in [1.82, 2.24) is 4.90 Å². The Bertz CT molecular complexity index is 347. The first-order valence-corrected chi connectivity index (χ1v) is 7.76. The van der Waals surface area contributed by atoms with Gasteiger partial charge >= 0.3 is 0 Å². The maximum atomic E-state index is 9.44. The molecular formula is C16H28N2O.